The number of hydrogen-bond donors (Lipinski definition) is 1. The SMILES string of the molecule is Cc1nnnn1-c1cccc(NC(C)c2ccncc2)c1. The zero-order valence-electron chi connectivity index (χ0n) is 11.9. The van der Waals surface area contributed by atoms with Crippen molar-refractivity contribution in [2.24, 2.45) is 0 Å². The Balaban J connectivity index is 1.82. The molecule has 106 valence electrons. The smallest absolute Gasteiger partial charge is 0.153 e. The second-order valence-electron chi connectivity index (χ2n) is 4.83. The summed E-state index contributed by atoms with van der Waals surface area (Å²) in [5.74, 6) is 0.759. The van der Waals surface area contributed by atoms with E-state index in [0.717, 1.165) is 17.2 Å². The summed E-state index contributed by atoms with van der Waals surface area (Å²) in [7, 11) is 0. The van der Waals surface area contributed by atoms with Gasteiger partial charge in [-0.25, -0.2) is 0 Å². The lowest BCUT2D eigenvalue weighted by Crippen LogP contribution is -2.07. The van der Waals surface area contributed by atoms with Crippen molar-refractivity contribution in [3.05, 3.63) is 60.2 Å². The molecule has 1 atom stereocenters. The van der Waals surface area contributed by atoms with Crippen molar-refractivity contribution in [1.29, 1.82) is 0 Å². The van der Waals surface area contributed by atoms with Crippen LogP contribution in [0.3, 0.4) is 0 Å². The van der Waals surface area contributed by atoms with E-state index < -0.39 is 0 Å². The van der Waals surface area contributed by atoms with Crippen LogP contribution in [0, 0.1) is 6.92 Å². The monoisotopic (exact) mass is 280 g/mol. The van der Waals surface area contributed by atoms with Crippen LogP contribution in [0.2, 0.25) is 0 Å². The molecule has 3 aromatic rings. The maximum Gasteiger partial charge on any atom is 0.153 e. The largest absolute Gasteiger partial charge is 0.378 e. The number of rotatable bonds is 4. The zero-order valence-corrected chi connectivity index (χ0v) is 11.9. The van der Waals surface area contributed by atoms with Crippen molar-refractivity contribution < 1.29 is 0 Å². The van der Waals surface area contributed by atoms with Crippen LogP contribution < -0.4 is 5.32 Å². The lowest BCUT2D eigenvalue weighted by atomic mass is 10.1. The molecule has 0 radical (unpaired) electrons. The van der Waals surface area contributed by atoms with Gasteiger partial charge in [0.15, 0.2) is 5.82 Å². The first-order valence-electron chi connectivity index (χ1n) is 6.76. The minimum Gasteiger partial charge on any atom is -0.378 e. The van der Waals surface area contributed by atoms with E-state index in [4.69, 9.17) is 0 Å². The fourth-order valence-corrected chi connectivity index (χ4v) is 2.18. The minimum atomic E-state index is 0.193. The van der Waals surface area contributed by atoms with Gasteiger partial charge in [-0.3, -0.25) is 4.98 Å². The highest BCUT2D eigenvalue weighted by atomic mass is 15.5. The summed E-state index contributed by atoms with van der Waals surface area (Å²) in [6.45, 7) is 3.99. The molecule has 0 spiro atoms. The van der Waals surface area contributed by atoms with Gasteiger partial charge in [0.05, 0.1) is 5.69 Å². The second kappa shape index (κ2) is 5.70. The lowest BCUT2D eigenvalue weighted by molar-refractivity contribution is 0.779. The van der Waals surface area contributed by atoms with Crippen LogP contribution in [-0.4, -0.2) is 25.2 Å². The number of aromatic nitrogens is 5. The first-order chi connectivity index (χ1) is 10.2. The molecule has 2 heterocycles. The molecule has 1 unspecified atom stereocenters. The van der Waals surface area contributed by atoms with Crippen LogP contribution in [0.4, 0.5) is 5.69 Å². The van der Waals surface area contributed by atoms with E-state index >= 15 is 0 Å². The molecule has 2 aromatic heterocycles. The van der Waals surface area contributed by atoms with Gasteiger partial charge in [0.2, 0.25) is 0 Å². The van der Waals surface area contributed by atoms with Crippen molar-refractivity contribution in [2.45, 2.75) is 19.9 Å². The predicted molar refractivity (Wildman–Crippen MR) is 80.2 cm³/mol. The fourth-order valence-electron chi connectivity index (χ4n) is 2.18. The van der Waals surface area contributed by atoms with Gasteiger partial charge in [-0.2, -0.15) is 4.68 Å². The maximum absolute atomic E-state index is 4.04. The van der Waals surface area contributed by atoms with Crippen LogP contribution in [0.15, 0.2) is 48.8 Å². The molecule has 0 amide bonds. The molecular formula is C15H16N6. The summed E-state index contributed by atoms with van der Waals surface area (Å²) in [4.78, 5) is 4.04. The number of hydrogen-bond acceptors (Lipinski definition) is 5. The average Bonchev–Trinajstić information content (AvgIpc) is 2.94. The third kappa shape index (κ3) is 2.89. The van der Waals surface area contributed by atoms with Crippen LogP contribution >= 0.6 is 0 Å². The van der Waals surface area contributed by atoms with Gasteiger partial charge in [0.1, 0.15) is 0 Å². The molecule has 1 N–H and O–H groups in total. The van der Waals surface area contributed by atoms with Gasteiger partial charge in [-0.05, 0) is 60.2 Å². The zero-order chi connectivity index (χ0) is 14.7. The molecular weight excluding hydrogens is 264 g/mol. The summed E-state index contributed by atoms with van der Waals surface area (Å²) in [5.41, 5.74) is 3.14. The Labute approximate surface area is 122 Å². The minimum absolute atomic E-state index is 0.193. The molecule has 0 aliphatic heterocycles. The van der Waals surface area contributed by atoms with Gasteiger partial charge < -0.3 is 5.32 Å². The quantitative estimate of drug-likeness (QED) is 0.795. The first-order valence-corrected chi connectivity index (χ1v) is 6.76. The van der Waals surface area contributed by atoms with E-state index in [1.54, 1.807) is 17.1 Å². The van der Waals surface area contributed by atoms with E-state index in [2.05, 4.69) is 32.7 Å². The fraction of sp³-hybridized carbons (Fsp3) is 0.200. The van der Waals surface area contributed by atoms with Crippen LogP contribution in [0.1, 0.15) is 24.4 Å². The Morgan fingerprint density at radius 1 is 1.14 bits per heavy atom. The molecule has 0 bridgehead atoms. The van der Waals surface area contributed by atoms with Gasteiger partial charge in [-0.15, -0.1) is 5.10 Å². The molecule has 0 aliphatic rings. The highest BCUT2D eigenvalue weighted by molar-refractivity contribution is 5.52. The Morgan fingerprint density at radius 2 is 1.95 bits per heavy atom. The maximum atomic E-state index is 4.04. The first kappa shape index (κ1) is 13.2. The van der Waals surface area contributed by atoms with Crippen molar-refractivity contribution in [3.63, 3.8) is 0 Å². The van der Waals surface area contributed by atoms with Crippen molar-refractivity contribution in [1.82, 2.24) is 25.2 Å². The molecule has 0 aliphatic carbocycles. The molecule has 6 heteroatoms. The Morgan fingerprint density at radius 3 is 2.67 bits per heavy atom. The third-order valence-corrected chi connectivity index (χ3v) is 3.31. The van der Waals surface area contributed by atoms with Gasteiger partial charge in [0.25, 0.3) is 0 Å². The third-order valence-electron chi connectivity index (χ3n) is 3.31. The molecule has 0 saturated heterocycles. The summed E-state index contributed by atoms with van der Waals surface area (Å²) >= 11 is 0. The van der Waals surface area contributed by atoms with Crippen LogP contribution in [-0.2, 0) is 0 Å². The van der Waals surface area contributed by atoms with Crippen LogP contribution in [0.5, 0.6) is 0 Å². The van der Waals surface area contributed by atoms with E-state index in [9.17, 15) is 0 Å². The van der Waals surface area contributed by atoms with E-state index in [-0.39, 0.29) is 6.04 Å². The van der Waals surface area contributed by atoms with Gasteiger partial charge >= 0.3 is 0 Å². The Kier molecular flexibility index (Phi) is 3.59. The van der Waals surface area contributed by atoms with Crippen molar-refractivity contribution in [2.75, 3.05) is 5.32 Å². The molecule has 21 heavy (non-hydrogen) atoms. The Bertz CT molecular complexity index is 722. The number of nitrogens with one attached hydrogen (secondary N) is 1. The highest BCUT2D eigenvalue weighted by Gasteiger charge is 2.07. The predicted octanol–water partition coefficient (Wildman–Crippen LogP) is 2.54. The Hall–Kier alpha value is -2.76. The van der Waals surface area contributed by atoms with Crippen molar-refractivity contribution in [3.8, 4) is 5.69 Å². The van der Waals surface area contributed by atoms with Crippen LogP contribution in [0.25, 0.3) is 5.69 Å². The van der Waals surface area contributed by atoms with E-state index in [1.165, 1.54) is 5.56 Å². The molecule has 3 rings (SSSR count). The molecule has 0 fully saturated rings. The lowest BCUT2D eigenvalue weighted by Gasteiger charge is -2.16. The topological polar surface area (TPSA) is 68.5 Å². The number of benzene rings is 1. The number of aryl methyl sites for hydroxylation is 1. The van der Waals surface area contributed by atoms with Gasteiger partial charge in [-0.1, -0.05) is 6.07 Å². The van der Waals surface area contributed by atoms with E-state index in [0.29, 0.717) is 0 Å². The number of anilines is 1. The average molecular weight is 280 g/mol. The van der Waals surface area contributed by atoms with Gasteiger partial charge in [0, 0.05) is 24.1 Å². The summed E-state index contributed by atoms with van der Waals surface area (Å²) in [5, 5.41) is 15.0. The normalized spacial score (nSPS) is 12.1. The summed E-state index contributed by atoms with van der Waals surface area (Å²) in [6.07, 6.45) is 3.60. The number of tetrazole rings is 1. The number of nitrogens with zero attached hydrogens (tertiary/aromatic N) is 5. The standard InChI is InChI=1S/C15H16N6/c1-11(13-6-8-16-9-7-13)17-14-4-3-5-15(10-14)21-12(2)18-19-20-21/h3-11,17H,1-2H3. The van der Waals surface area contributed by atoms with Crippen molar-refractivity contribution >= 4 is 5.69 Å². The summed E-state index contributed by atoms with van der Waals surface area (Å²) < 4.78 is 1.71. The summed E-state index contributed by atoms with van der Waals surface area (Å²) in [6, 6.07) is 12.2. The molecule has 1 aromatic carbocycles. The van der Waals surface area contributed by atoms with E-state index in [1.807, 2.05) is 43.3 Å². The highest BCUT2D eigenvalue weighted by Crippen LogP contribution is 2.20. The second-order valence-corrected chi connectivity index (χ2v) is 4.83. The molecule has 6 nitrogen and oxygen atoms in total. The number of pyridine rings is 1. The molecule has 0 saturated carbocycles.